The molecule has 2 N–H and O–H groups in total. The Bertz CT molecular complexity index is 333. The van der Waals surface area contributed by atoms with Gasteiger partial charge in [0.15, 0.2) is 0 Å². The molecule has 0 bridgehead atoms. The van der Waals surface area contributed by atoms with Crippen molar-refractivity contribution in [3.05, 3.63) is 35.6 Å². The van der Waals surface area contributed by atoms with Crippen LogP contribution in [0.2, 0.25) is 0 Å². The molecule has 2 rings (SSSR count). The zero-order chi connectivity index (χ0) is 9.64. The third-order valence-corrected chi connectivity index (χ3v) is 3.12. The fraction of sp³-hybridized carbons (Fsp3) is 0.455. The first-order valence-electron chi connectivity index (χ1n) is 4.54. The Morgan fingerprint density at radius 3 is 2.46 bits per heavy atom. The molecule has 1 aliphatic carbocycles. The van der Waals surface area contributed by atoms with E-state index in [9.17, 15) is 4.39 Å². The molecule has 2 atom stereocenters. The summed E-state index contributed by atoms with van der Waals surface area (Å²) in [5.41, 5.74) is 7.06. The van der Waals surface area contributed by atoms with E-state index in [0.717, 1.165) is 5.56 Å². The summed E-state index contributed by atoms with van der Waals surface area (Å²) in [5, 5.41) is 0. The van der Waals surface area contributed by atoms with Crippen LogP contribution in [-0.2, 0) is 0 Å². The van der Waals surface area contributed by atoms with Gasteiger partial charge in [-0.2, -0.15) is 0 Å². The highest BCUT2D eigenvalue weighted by Gasteiger charge is 2.56. The number of nitrogens with two attached hydrogens (primary N) is 1. The van der Waals surface area contributed by atoms with Crippen molar-refractivity contribution in [2.75, 3.05) is 0 Å². The van der Waals surface area contributed by atoms with Gasteiger partial charge in [0.1, 0.15) is 5.82 Å². The highest BCUT2D eigenvalue weighted by Crippen LogP contribution is 2.57. The molecule has 2 heteroatoms. The average Bonchev–Trinajstić information content (AvgIpc) is 2.51. The van der Waals surface area contributed by atoms with Crippen molar-refractivity contribution in [2.24, 2.45) is 11.1 Å². The van der Waals surface area contributed by atoms with Crippen LogP contribution in [0, 0.1) is 11.2 Å². The Kier molecular flexibility index (Phi) is 1.70. The van der Waals surface area contributed by atoms with Gasteiger partial charge >= 0.3 is 0 Å². The average molecular weight is 179 g/mol. The minimum atomic E-state index is -0.174. The van der Waals surface area contributed by atoms with Crippen molar-refractivity contribution in [2.45, 2.75) is 25.8 Å². The zero-order valence-electron chi connectivity index (χ0n) is 7.92. The molecular weight excluding hydrogens is 165 g/mol. The summed E-state index contributed by atoms with van der Waals surface area (Å²) in [6.45, 7) is 4.24. The number of hydrogen-bond donors (Lipinski definition) is 1. The molecule has 0 aliphatic heterocycles. The molecule has 0 heterocycles. The van der Waals surface area contributed by atoms with Gasteiger partial charge in [0.25, 0.3) is 0 Å². The zero-order valence-corrected chi connectivity index (χ0v) is 7.92. The normalized spacial score (nSPS) is 30.2. The van der Waals surface area contributed by atoms with E-state index in [1.165, 1.54) is 6.07 Å². The lowest BCUT2D eigenvalue weighted by Crippen LogP contribution is -2.06. The van der Waals surface area contributed by atoms with E-state index >= 15 is 0 Å². The van der Waals surface area contributed by atoms with E-state index in [-0.39, 0.29) is 17.3 Å². The van der Waals surface area contributed by atoms with Gasteiger partial charge in [-0.15, -0.1) is 0 Å². The maximum Gasteiger partial charge on any atom is 0.123 e. The lowest BCUT2D eigenvalue weighted by atomic mass is 10.0. The van der Waals surface area contributed by atoms with Crippen molar-refractivity contribution in [1.82, 2.24) is 0 Å². The Hall–Kier alpha value is -0.890. The van der Waals surface area contributed by atoms with E-state index in [4.69, 9.17) is 5.73 Å². The van der Waals surface area contributed by atoms with E-state index in [0.29, 0.717) is 5.92 Å². The van der Waals surface area contributed by atoms with Gasteiger partial charge in [0.05, 0.1) is 0 Å². The van der Waals surface area contributed by atoms with Crippen LogP contribution in [-0.4, -0.2) is 6.04 Å². The minimum absolute atomic E-state index is 0.133. The topological polar surface area (TPSA) is 26.0 Å². The second-order valence-corrected chi connectivity index (χ2v) is 4.38. The molecular formula is C11H14FN. The number of halogens is 1. The fourth-order valence-corrected chi connectivity index (χ4v) is 2.01. The Morgan fingerprint density at radius 1 is 1.38 bits per heavy atom. The highest BCUT2D eigenvalue weighted by atomic mass is 19.1. The summed E-state index contributed by atoms with van der Waals surface area (Å²) in [6, 6.07) is 6.91. The molecule has 0 radical (unpaired) electrons. The van der Waals surface area contributed by atoms with Gasteiger partial charge in [-0.1, -0.05) is 26.0 Å². The molecule has 0 aromatic heterocycles. The molecule has 70 valence electrons. The van der Waals surface area contributed by atoms with Crippen molar-refractivity contribution in [3.8, 4) is 0 Å². The predicted molar refractivity (Wildman–Crippen MR) is 50.9 cm³/mol. The van der Waals surface area contributed by atoms with Crippen LogP contribution in [0.1, 0.15) is 25.3 Å². The third kappa shape index (κ3) is 1.25. The Labute approximate surface area is 77.8 Å². The third-order valence-electron chi connectivity index (χ3n) is 3.12. The van der Waals surface area contributed by atoms with Gasteiger partial charge < -0.3 is 5.73 Å². The standard InChI is InChI=1S/C11H14FN/c1-11(2)9(10(11)13)7-4-3-5-8(12)6-7/h3-6,9-10H,13H2,1-2H3. The largest absolute Gasteiger partial charge is 0.327 e. The SMILES string of the molecule is CC1(C)C(N)C1c1cccc(F)c1. The summed E-state index contributed by atoms with van der Waals surface area (Å²) < 4.78 is 12.9. The second-order valence-electron chi connectivity index (χ2n) is 4.38. The van der Waals surface area contributed by atoms with Crippen molar-refractivity contribution >= 4 is 0 Å². The summed E-state index contributed by atoms with van der Waals surface area (Å²) in [7, 11) is 0. The monoisotopic (exact) mass is 179 g/mol. The van der Waals surface area contributed by atoms with E-state index < -0.39 is 0 Å². The number of rotatable bonds is 1. The predicted octanol–water partition coefficient (Wildman–Crippen LogP) is 2.28. The van der Waals surface area contributed by atoms with Crippen LogP contribution in [0.5, 0.6) is 0 Å². The Balaban J connectivity index is 2.29. The van der Waals surface area contributed by atoms with Crippen LogP contribution in [0.3, 0.4) is 0 Å². The van der Waals surface area contributed by atoms with Crippen LogP contribution >= 0.6 is 0 Å². The second kappa shape index (κ2) is 2.55. The smallest absolute Gasteiger partial charge is 0.123 e. The molecule has 1 nitrogen and oxygen atoms in total. The lowest BCUT2D eigenvalue weighted by Gasteiger charge is -2.01. The number of hydrogen-bond acceptors (Lipinski definition) is 1. The first kappa shape index (κ1) is 8.70. The molecule has 0 spiro atoms. The van der Waals surface area contributed by atoms with Gasteiger partial charge in [0.2, 0.25) is 0 Å². The molecule has 1 aromatic carbocycles. The van der Waals surface area contributed by atoms with Gasteiger partial charge in [-0.05, 0) is 23.1 Å². The van der Waals surface area contributed by atoms with Gasteiger partial charge in [-0.25, -0.2) is 4.39 Å². The summed E-state index contributed by atoms with van der Waals surface area (Å²) in [4.78, 5) is 0. The molecule has 0 saturated heterocycles. The molecule has 0 amide bonds. The molecule has 2 unspecified atom stereocenters. The van der Waals surface area contributed by atoms with Gasteiger partial charge in [0, 0.05) is 12.0 Å². The molecule has 1 aliphatic rings. The summed E-state index contributed by atoms with van der Waals surface area (Å²) in [6.07, 6.45) is 0. The van der Waals surface area contributed by atoms with Crippen LogP contribution in [0.15, 0.2) is 24.3 Å². The van der Waals surface area contributed by atoms with E-state index in [1.807, 2.05) is 6.07 Å². The summed E-state index contributed by atoms with van der Waals surface area (Å²) in [5.74, 6) is 0.149. The van der Waals surface area contributed by atoms with Crippen molar-refractivity contribution in [1.29, 1.82) is 0 Å². The number of benzene rings is 1. The fourth-order valence-electron chi connectivity index (χ4n) is 2.01. The molecule has 1 aromatic rings. The first-order valence-corrected chi connectivity index (χ1v) is 4.54. The quantitative estimate of drug-likeness (QED) is 0.703. The van der Waals surface area contributed by atoms with Crippen LogP contribution in [0.4, 0.5) is 4.39 Å². The van der Waals surface area contributed by atoms with Crippen LogP contribution < -0.4 is 5.73 Å². The first-order chi connectivity index (χ1) is 6.03. The molecule has 1 saturated carbocycles. The Morgan fingerprint density at radius 2 is 2.00 bits per heavy atom. The maximum atomic E-state index is 12.9. The van der Waals surface area contributed by atoms with Crippen LogP contribution in [0.25, 0.3) is 0 Å². The van der Waals surface area contributed by atoms with E-state index in [1.54, 1.807) is 12.1 Å². The van der Waals surface area contributed by atoms with Gasteiger partial charge in [-0.3, -0.25) is 0 Å². The van der Waals surface area contributed by atoms with Crippen molar-refractivity contribution in [3.63, 3.8) is 0 Å². The minimum Gasteiger partial charge on any atom is -0.327 e. The summed E-state index contributed by atoms with van der Waals surface area (Å²) >= 11 is 0. The van der Waals surface area contributed by atoms with E-state index in [2.05, 4.69) is 13.8 Å². The molecule has 1 fully saturated rings. The highest BCUT2D eigenvalue weighted by molar-refractivity contribution is 5.34. The van der Waals surface area contributed by atoms with Crippen molar-refractivity contribution < 1.29 is 4.39 Å². The molecule has 13 heavy (non-hydrogen) atoms. The lowest BCUT2D eigenvalue weighted by molar-refractivity contribution is 0.594. The maximum absolute atomic E-state index is 12.9.